The Kier molecular flexibility index (Phi) is 3.36. The molecule has 0 spiro atoms. The van der Waals surface area contributed by atoms with Crippen molar-refractivity contribution in [3.05, 3.63) is 64.2 Å². The number of Topliss-reactive ketones (excluding diaryl/α,β-unsaturated/α-hetero) is 1. The standard InChI is InChI=1S/C17H15NOS/c1-11-7-8-12(2)13(9-11)15(19)10-17-18-14-5-3-4-6-16(14)20-17/h3-9H,10H2,1-2H3. The van der Waals surface area contributed by atoms with E-state index in [1.165, 1.54) is 0 Å². The first-order valence-corrected chi connectivity index (χ1v) is 7.40. The van der Waals surface area contributed by atoms with Crippen LogP contribution in [0.5, 0.6) is 0 Å². The number of benzene rings is 2. The minimum atomic E-state index is 0.144. The van der Waals surface area contributed by atoms with E-state index in [-0.39, 0.29) is 5.78 Å². The lowest BCUT2D eigenvalue weighted by Crippen LogP contribution is -2.05. The fourth-order valence-electron chi connectivity index (χ4n) is 2.26. The number of carbonyl (C=O) groups excluding carboxylic acids is 1. The fourth-order valence-corrected chi connectivity index (χ4v) is 3.23. The molecule has 0 atom stereocenters. The second-order valence-electron chi connectivity index (χ2n) is 4.99. The zero-order valence-electron chi connectivity index (χ0n) is 11.5. The van der Waals surface area contributed by atoms with E-state index in [0.29, 0.717) is 6.42 Å². The Bertz CT molecular complexity index is 756. The molecule has 0 bridgehead atoms. The van der Waals surface area contributed by atoms with Gasteiger partial charge in [0.15, 0.2) is 5.78 Å². The Morgan fingerprint density at radius 3 is 2.75 bits per heavy atom. The molecule has 1 aromatic heterocycles. The number of para-hydroxylation sites is 1. The molecule has 0 N–H and O–H groups in total. The smallest absolute Gasteiger partial charge is 0.169 e. The summed E-state index contributed by atoms with van der Waals surface area (Å²) in [6.07, 6.45) is 0.379. The van der Waals surface area contributed by atoms with Gasteiger partial charge in [-0.25, -0.2) is 4.98 Å². The van der Waals surface area contributed by atoms with Crippen LogP contribution in [0.2, 0.25) is 0 Å². The maximum absolute atomic E-state index is 12.4. The average Bonchev–Trinajstić information content (AvgIpc) is 2.83. The zero-order valence-corrected chi connectivity index (χ0v) is 12.3. The largest absolute Gasteiger partial charge is 0.294 e. The molecule has 100 valence electrons. The van der Waals surface area contributed by atoms with Gasteiger partial charge in [-0.05, 0) is 37.6 Å². The SMILES string of the molecule is Cc1ccc(C)c(C(=O)Cc2nc3ccccc3s2)c1. The van der Waals surface area contributed by atoms with Gasteiger partial charge in [0, 0.05) is 5.56 Å². The summed E-state index contributed by atoms with van der Waals surface area (Å²) >= 11 is 1.60. The highest BCUT2D eigenvalue weighted by atomic mass is 32.1. The van der Waals surface area contributed by atoms with Gasteiger partial charge in [0.25, 0.3) is 0 Å². The summed E-state index contributed by atoms with van der Waals surface area (Å²) in [5.41, 5.74) is 3.93. The number of thiazole rings is 1. The van der Waals surface area contributed by atoms with Crippen LogP contribution in [-0.2, 0) is 6.42 Å². The average molecular weight is 281 g/mol. The van der Waals surface area contributed by atoms with Crippen LogP contribution >= 0.6 is 11.3 Å². The van der Waals surface area contributed by atoms with Gasteiger partial charge in [0.2, 0.25) is 0 Å². The van der Waals surface area contributed by atoms with Gasteiger partial charge in [0.1, 0.15) is 5.01 Å². The minimum Gasteiger partial charge on any atom is -0.294 e. The number of aromatic nitrogens is 1. The third-order valence-corrected chi connectivity index (χ3v) is 4.38. The maximum Gasteiger partial charge on any atom is 0.169 e. The predicted molar refractivity (Wildman–Crippen MR) is 83.6 cm³/mol. The highest BCUT2D eigenvalue weighted by molar-refractivity contribution is 7.18. The van der Waals surface area contributed by atoms with Crippen LogP contribution in [0.1, 0.15) is 26.5 Å². The van der Waals surface area contributed by atoms with E-state index in [1.54, 1.807) is 11.3 Å². The van der Waals surface area contributed by atoms with E-state index < -0.39 is 0 Å². The summed E-state index contributed by atoms with van der Waals surface area (Å²) in [5, 5.41) is 0.886. The first-order valence-electron chi connectivity index (χ1n) is 6.58. The molecule has 0 aliphatic carbocycles. The number of aryl methyl sites for hydroxylation is 2. The molecule has 0 unspecified atom stereocenters. The topological polar surface area (TPSA) is 30.0 Å². The third kappa shape index (κ3) is 2.49. The molecule has 0 fully saturated rings. The molecule has 0 saturated heterocycles. The van der Waals surface area contributed by atoms with Gasteiger partial charge in [-0.3, -0.25) is 4.79 Å². The summed E-state index contributed by atoms with van der Waals surface area (Å²) in [4.78, 5) is 17.0. The van der Waals surface area contributed by atoms with Gasteiger partial charge in [-0.15, -0.1) is 11.3 Å². The maximum atomic E-state index is 12.4. The van der Waals surface area contributed by atoms with Gasteiger partial charge in [-0.1, -0.05) is 29.8 Å². The van der Waals surface area contributed by atoms with E-state index in [1.807, 2.05) is 56.3 Å². The summed E-state index contributed by atoms with van der Waals surface area (Å²) in [5.74, 6) is 0.144. The fraction of sp³-hybridized carbons (Fsp3) is 0.176. The number of nitrogens with zero attached hydrogens (tertiary/aromatic N) is 1. The van der Waals surface area contributed by atoms with Crippen LogP contribution in [0, 0.1) is 13.8 Å². The second-order valence-corrected chi connectivity index (χ2v) is 6.11. The molecule has 0 saturated carbocycles. The molecule has 3 aromatic rings. The number of rotatable bonds is 3. The van der Waals surface area contributed by atoms with Crippen molar-refractivity contribution in [2.45, 2.75) is 20.3 Å². The van der Waals surface area contributed by atoms with E-state index >= 15 is 0 Å². The molecule has 1 heterocycles. The Hall–Kier alpha value is -2.00. The van der Waals surface area contributed by atoms with E-state index in [0.717, 1.165) is 31.9 Å². The molecular formula is C17H15NOS. The van der Waals surface area contributed by atoms with Crippen LogP contribution in [0.25, 0.3) is 10.2 Å². The predicted octanol–water partition coefficient (Wildman–Crippen LogP) is 4.34. The minimum absolute atomic E-state index is 0.144. The molecule has 0 aliphatic rings. The zero-order chi connectivity index (χ0) is 14.1. The normalized spacial score (nSPS) is 10.9. The Balaban J connectivity index is 1.90. The Labute approximate surface area is 122 Å². The lowest BCUT2D eigenvalue weighted by atomic mass is 10.0. The molecule has 2 aromatic carbocycles. The van der Waals surface area contributed by atoms with Crippen LogP contribution in [0.3, 0.4) is 0 Å². The van der Waals surface area contributed by atoms with Crippen LogP contribution < -0.4 is 0 Å². The highest BCUT2D eigenvalue weighted by Crippen LogP contribution is 2.23. The van der Waals surface area contributed by atoms with Crippen molar-refractivity contribution < 1.29 is 4.79 Å². The van der Waals surface area contributed by atoms with Crippen LogP contribution in [-0.4, -0.2) is 10.8 Å². The van der Waals surface area contributed by atoms with Crippen molar-refractivity contribution in [3.63, 3.8) is 0 Å². The molecular weight excluding hydrogens is 266 g/mol. The quantitative estimate of drug-likeness (QED) is 0.668. The number of fused-ring (bicyclic) bond motifs is 1. The number of hydrogen-bond donors (Lipinski definition) is 0. The van der Waals surface area contributed by atoms with Gasteiger partial charge in [0.05, 0.1) is 16.6 Å². The monoisotopic (exact) mass is 281 g/mol. The first-order chi connectivity index (χ1) is 9.63. The van der Waals surface area contributed by atoms with Gasteiger partial charge < -0.3 is 0 Å². The van der Waals surface area contributed by atoms with Crippen molar-refractivity contribution in [1.29, 1.82) is 0 Å². The number of ketones is 1. The highest BCUT2D eigenvalue weighted by Gasteiger charge is 2.13. The van der Waals surface area contributed by atoms with E-state index in [2.05, 4.69) is 4.98 Å². The summed E-state index contributed by atoms with van der Waals surface area (Å²) in [6.45, 7) is 3.99. The van der Waals surface area contributed by atoms with Crippen molar-refractivity contribution in [1.82, 2.24) is 4.98 Å². The number of carbonyl (C=O) groups is 1. The molecule has 20 heavy (non-hydrogen) atoms. The second kappa shape index (κ2) is 5.17. The van der Waals surface area contributed by atoms with E-state index in [9.17, 15) is 4.79 Å². The molecule has 0 radical (unpaired) electrons. The molecule has 0 aliphatic heterocycles. The Morgan fingerprint density at radius 1 is 1.15 bits per heavy atom. The summed E-state index contributed by atoms with van der Waals surface area (Å²) in [6, 6.07) is 14.0. The molecule has 3 heteroatoms. The van der Waals surface area contributed by atoms with Crippen molar-refractivity contribution in [3.8, 4) is 0 Å². The molecule has 0 amide bonds. The summed E-state index contributed by atoms with van der Waals surface area (Å²) in [7, 11) is 0. The lowest BCUT2D eigenvalue weighted by Gasteiger charge is -2.04. The van der Waals surface area contributed by atoms with Crippen molar-refractivity contribution in [2.75, 3.05) is 0 Å². The van der Waals surface area contributed by atoms with Crippen LogP contribution in [0.4, 0.5) is 0 Å². The number of hydrogen-bond acceptors (Lipinski definition) is 3. The molecule has 2 nitrogen and oxygen atoms in total. The van der Waals surface area contributed by atoms with Gasteiger partial charge in [-0.2, -0.15) is 0 Å². The van der Waals surface area contributed by atoms with Crippen molar-refractivity contribution >= 4 is 27.3 Å². The van der Waals surface area contributed by atoms with Crippen molar-refractivity contribution in [2.24, 2.45) is 0 Å². The summed E-state index contributed by atoms with van der Waals surface area (Å²) < 4.78 is 1.14. The molecule has 3 rings (SSSR count). The van der Waals surface area contributed by atoms with Crippen LogP contribution in [0.15, 0.2) is 42.5 Å². The first kappa shape index (κ1) is 13.0. The van der Waals surface area contributed by atoms with Gasteiger partial charge >= 0.3 is 0 Å². The Morgan fingerprint density at radius 2 is 1.95 bits per heavy atom. The third-order valence-electron chi connectivity index (χ3n) is 3.34. The van der Waals surface area contributed by atoms with E-state index in [4.69, 9.17) is 0 Å². The lowest BCUT2D eigenvalue weighted by molar-refractivity contribution is 0.0992.